The topological polar surface area (TPSA) is 158 Å². The molecule has 0 saturated carbocycles. The van der Waals surface area contributed by atoms with E-state index in [0.717, 1.165) is 11.3 Å². The minimum absolute atomic E-state index is 0.124. The molecule has 0 fully saturated rings. The van der Waals surface area contributed by atoms with E-state index < -0.39 is 14.6 Å². The van der Waals surface area contributed by atoms with Crippen LogP contribution in [0.15, 0.2) is 58.6 Å². The maximum absolute atomic E-state index is 11.0. The zero-order chi connectivity index (χ0) is 23.3. The lowest BCUT2D eigenvalue weighted by Crippen LogP contribution is -2.41. The van der Waals surface area contributed by atoms with Crippen LogP contribution in [0.25, 0.3) is 11.3 Å². The summed E-state index contributed by atoms with van der Waals surface area (Å²) in [5.74, 6) is 1.47. The van der Waals surface area contributed by atoms with E-state index in [0.29, 0.717) is 30.0 Å². The van der Waals surface area contributed by atoms with Crippen LogP contribution in [0.1, 0.15) is 25.1 Å². The minimum atomic E-state index is -4.69. The third-order valence-corrected chi connectivity index (χ3v) is 4.98. The van der Waals surface area contributed by atoms with Gasteiger partial charge in [-0.1, -0.05) is 22.9 Å². The summed E-state index contributed by atoms with van der Waals surface area (Å²) >= 11 is 0. The molecule has 3 rings (SSSR count). The Hall–Kier alpha value is -3.17. The molecule has 0 aliphatic heterocycles. The molecule has 0 saturated heterocycles. The van der Waals surface area contributed by atoms with Gasteiger partial charge in [-0.25, -0.2) is 9.13 Å². The number of hydrogen-bond donors (Lipinski definition) is 4. The van der Waals surface area contributed by atoms with Crippen LogP contribution in [0.3, 0.4) is 0 Å². The van der Waals surface area contributed by atoms with Gasteiger partial charge in [-0.15, -0.1) is 0 Å². The van der Waals surface area contributed by atoms with Crippen LogP contribution in [0, 0.1) is 0 Å². The zero-order valence-corrected chi connectivity index (χ0v) is 18.7. The van der Waals surface area contributed by atoms with Crippen molar-refractivity contribution in [1.29, 1.82) is 0 Å². The Balaban J connectivity index is 1.72. The van der Waals surface area contributed by atoms with E-state index in [9.17, 15) is 4.57 Å². The van der Waals surface area contributed by atoms with E-state index in [1.165, 1.54) is 16.2 Å². The Morgan fingerprint density at radius 2 is 1.91 bits per heavy atom. The fraction of sp³-hybridized carbons (Fsp3) is 0.238. The van der Waals surface area contributed by atoms with Gasteiger partial charge in [0.15, 0.2) is 12.5 Å². The number of nitrogens with zero attached hydrogens (tertiary/aromatic N) is 2. The summed E-state index contributed by atoms with van der Waals surface area (Å²) in [6.45, 7) is 4.05. The first-order chi connectivity index (χ1) is 15.1. The number of benzene rings is 1. The molecule has 0 unspecified atom stereocenters. The number of anilines is 2. The van der Waals surface area contributed by atoms with E-state index in [-0.39, 0.29) is 11.6 Å². The van der Waals surface area contributed by atoms with Gasteiger partial charge in [0.1, 0.15) is 12.4 Å². The Labute approximate surface area is 185 Å². The summed E-state index contributed by atoms with van der Waals surface area (Å²) in [7, 11) is -4.69. The van der Waals surface area contributed by atoms with Crippen molar-refractivity contribution in [2.45, 2.75) is 27.0 Å². The number of rotatable bonds is 9. The molecule has 0 bridgehead atoms. The number of allylic oxidation sites excluding steroid dienone is 1. The third-order valence-electron chi connectivity index (χ3n) is 4.53. The van der Waals surface area contributed by atoms with E-state index in [2.05, 4.69) is 9.68 Å². The number of phosphoric acid groups is 1. The molecule has 6 N–H and O–H groups in total. The smallest absolute Gasteiger partial charge is 0.472 e. The number of nitrogen functional groups attached to an aromatic ring is 2. The van der Waals surface area contributed by atoms with Gasteiger partial charge < -0.3 is 30.5 Å². The van der Waals surface area contributed by atoms with Gasteiger partial charge in [0.25, 0.3) is 0 Å². The second kappa shape index (κ2) is 9.97. The van der Waals surface area contributed by atoms with Crippen LogP contribution in [0.4, 0.5) is 11.6 Å². The molecule has 11 heteroatoms. The fourth-order valence-corrected chi connectivity index (χ4v) is 3.12. The number of aromatic nitrogens is 2. The predicted octanol–water partition coefficient (Wildman–Crippen LogP) is 2.80. The number of hydrogen-bond acceptors (Lipinski definition) is 7. The van der Waals surface area contributed by atoms with Gasteiger partial charge in [-0.2, -0.15) is 0 Å². The maximum atomic E-state index is 11.0. The van der Waals surface area contributed by atoms with Gasteiger partial charge in [-0.05, 0) is 43.7 Å². The molecule has 0 aliphatic carbocycles. The summed E-state index contributed by atoms with van der Waals surface area (Å²) in [6.07, 6.45) is 2.55. The van der Waals surface area contributed by atoms with Crippen LogP contribution in [0.5, 0.6) is 5.75 Å². The Morgan fingerprint density at radius 1 is 1.19 bits per heavy atom. The van der Waals surface area contributed by atoms with Crippen LogP contribution < -0.4 is 20.8 Å². The van der Waals surface area contributed by atoms with Crippen molar-refractivity contribution >= 4 is 19.5 Å². The van der Waals surface area contributed by atoms with Crippen LogP contribution >= 0.6 is 7.82 Å². The third kappa shape index (κ3) is 6.41. The number of nitrogens with two attached hydrogens (primary N) is 2. The molecule has 1 aromatic carbocycles. The number of pyridine rings is 1. The molecule has 10 nitrogen and oxygen atoms in total. The van der Waals surface area contributed by atoms with Gasteiger partial charge in [0.05, 0.1) is 11.3 Å². The van der Waals surface area contributed by atoms with Gasteiger partial charge in [0, 0.05) is 18.6 Å². The molecule has 0 amide bonds. The van der Waals surface area contributed by atoms with Crippen molar-refractivity contribution in [2.75, 3.05) is 18.1 Å². The largest absolute Gasteiger partial charge is 0.490 e. The summed E-state index contributed by atoms with van der Waals surface area (Å²) in [4.78, 5) is 17.9. The molecule has 3 aromatic rings. The summed E-state index contributed by atoms with van der Waals surface area (Å²) in [5.41, 5.74) is 15.4. The van der Waals surface area contributed by atoms with E-state index >= 15 is 0 Å². The SMILES string of the molecule is CC(C)=CCOc1ccc(Cc2cc(-c3ccc(N)[n+](COP(=O)(O)O)c3N)on2)cc1. The maximum Gasteiger partial charge on any atom is 0.472 e. The van der Waals surface area contributed by atoms with Crippen LogP contribution in [0.2, 0.25) is 0 Å². The second-order valence-corrected chi connectivity index (χ2v) is 8.57. The zero-order valence-electron chi connectivity index (χ0n) is 17.8. The molecule has 170 valence electrons. The first kappa shape index (κ1) is 23.5. The van der Waals surface area contributed by atoms with E-state index in [1.54, 1.807) is 12.1 Å². The summed E-state index contributed by atoms with van der Waals surface area (Å²) in [6, 6.07) is 12.6. The first-order valence-corrected chi connectivity index (χ1v) is 11.2. The highest BCUT2D eigenvalue weighted by atomic mass is 31.2. The predicted molar refractivity (Wildman–Crippen MR) is 118 cm³/mol. The Morgan fingerprint density at radius 3 is 2.56 bits per heavy atom. The highest BCUT2D eigenvalue weighted by Gasteiger charge is 2.22. The molecule has 0 spiro atoms. The first-order valence-electron chi connectivity index (χ1n) is 9.71. The summed E-state index contributed by atoms with van der Waals surface area (Å²) in [5, 5.41) is 4.09. The monoisotopic (exact) mass is 461 g/mol. The Bertz CT molecular complexity index is 1150. The molecule has 32 heavy (non-hydrogen) atoms. The molecule has 2 aromatic heterocycles. The quantitative estimate of drug-likeness (QED) is 0.214. The highest BCUT2D eigenvalue weighted by Crippen LogP contribution is 2.36. The van der Waals surface area contributed by atoms with Crippen molar-refractivity contribution < 1.29 is 32.7 Å². The van der Waals surface area contributed by atoms with Crippen molar-refractivity contribution in [3.8, 4) is 17.1 Å². The van der Waals surface area contributed by atoms with Crippen molar-refractivity contribution in [3.05, 3.63) is 65.4 Å². The van der Waals surface area contributed by atoms with Crippen molar-refractivity contribution in [2.24, 2.45) is 0 Å². The average Bonchev–Trinajstić information content (AvgIpc) is 3.16. The Kier molecular flexibility index (Phi) is 7.32. The lowest BCUT2D eigenvalue weighted by Gasteiger charge is -2.10. The molecule has 0 radical (unpaired) electrons. The number of ether oxygens (including phenoxy) is 1. The van der Waals surface area contributed by atoms with Gasteiger partial charge in [0.2, 0.25) is 11.6 Å². The lowest BCUT2D eigenvalue weighted by molar-refractivity contribution is -0.698. The molecule has 2 heterocycles. The molecular formula is C21H26N4O6P+. The fourth-order valence-electron chi connectivity index (χ4n) is 2.85. The van der Waals surface area contributed by atoms with E-state index in [1.807, 2.05) is 44.2 Å². The minimum Gasteiger partial charge on any atom is -0.490 e. The summed E-state index contributed by atoms with van der Waals surface area (Å²) < 4.78 is 27.8. The van der Waals surface area contributed by atoms with Gasteiger partial charge in [-0.3, -0.25) is 4.52 Å². The molecule has 0 aliphatic rings. The van der Waals surface area contributed by atoms with Crippen LogP contribution in [-0.2, 0) is 22.2 Å². The standard InChI is InChI=1S/C21H25N4O6P/c1-14(2)9-10-29-17-5-3-15(4-6-17)11-16-12-19(31-24-16)18-7-8-20(22)25(21(18)23)13-30-32(26,27)28/h3-9,12H,10-11,13H2,1-2H3,(H5,22,23,24,26,27,28)/p+1. The van der Waals surface area contributed by atoms with Crippen molar-refractivity contribution in [3.63, 3.8) is 0 Å². The highest BCUT2D eigenvalue weighted by molar-refractivity contribution is 7.46. The lowest BCUT2D eigenvalue weighted by atomic mass is 10.1. The molecule has 0 atom stereocenters. The second-order valence-electron chi connectivity index (χ2n) is 7.33. The number of phosphoric ester groups is 1. The van der Waals surface area contributed by atoms with E-state index in [4.69, 9.17) is 30.5 Å². The normalized spacial score (nSPS) is 11.4. The van der Waals surface area contributed by atoms with Crippen LogP contribution in [-0.4, -0.2) is 21.6 Å². The average molecular weight is 461 g/mol. The molecular weight excluding hydrogens is 435 g/mol. The van der Waals surface area contributed by atoms with Crippen molar-refractivity contribution in [1.82, 2.24) is 5.16 Å². The van der Waals surface area contributed by atoms with Gasteiger partial charge >= 0.3 is 7.82 Å².